The van der Waals surface area contributed by atoms with Crippen LogP contribution in [0.2, 0.25) is 0 Å². The number of aliphatic hydroxyl groups excluding tert-OH is 2. The van der Waals surface area contributed by atoms with Crippen LogP contribution in [0, 0.1) is 0 Å². The van der Waals surface area contributed by atoms with E-state index in [-0.39, 0.29) is 6.61 Å². The monoisotopic (exact) mass is 222 g/mol. The highest BCUT2D eigenvalue weighted by molar-refractivity contribution is 7.99. The Balaban J connectivity index is 3.59. The van der Waals surface area contributed by atoms with Crippen molar-refractivity contribution in [1.29, 1.82) is 0 Å². The number of rotatable bonds is 7. The van der Waals surface area contributed by atoms with Gasteiger partial charge in [0.05, 0.1) is 18.2 Å². The number of aliphatic hydroxyl groups is 2. The van der Waals surface area contributed by atoms with Crippen LogP contribution >= 0.6 is 11.8 Å². The Kier molecular flexibility index (Phi) is 6.10. The van der Waals surface area contributed by atoms with Crippen molar-refractivity contribution in [3.05, 3.63) is 0 Å². The van der Waals surface area contributed by atoms with Gasteiger partial charge in [0.25, 0.3) is 0 Å². The van der Waals surface area contributed by atoms with Crippen LogP contribution in [0.25, 0.3) is 0 Å². The molecule has 2 atom stereocenters. The third-order valence-electron chi connectivity index (χ3n) is 1.85. The van der Waals surface area contributed by atoms with Crippen LogP contribution < -0.4 is 11.5 Å². The van der Waals surface area contributed by atoms with E-state index in [0.29, 0.717) is 17.9 Å². The molecule has 0 saturated carbocycles. The molecule has 0 spiro atoms. The van der Waals surface area contributed by atoms with Crippen LogP contribution in [0.3, 0.4) is 0 Å². The van der Waals surface area contributed by atoms with Gasteiger partial charge in [-0.15, -0.1) is 0 Å². The minimum atomic E-state index is -0.989. The molecule has 0 bridgehead atoms. The number of hydrogen-bond donors (Lipinski definition) is 4. The van der Waals surface area contributed by atoms with Gasteiger partial charge in [0.2, 0.25) is 5.91 Å². The highest BCUT2D eigenvalue weighted by Gasteiger charge is 2.24. The summed E-state index contributed by atoms with van der Waals surface area (Å²) in [5, 5.41) is 17.5. The van der Waals surface area contributed by atoms with Crippen molar-refractivity contribution in [2.75, 3.05) is 18.1 Å². The van der Waals surface area contributed by atoms with Crippen molar-refractivity contribution in [2.45, 2.75) is 25.0 Å². The molecule has 0 heterocycles. The number of primary amides is 1. The summed E-state index contributed by atoms with van der Waals surface area (Å²) in [4.78, 5) is 10.8. The van der Waals surface area contributed by atoms with Crippen molar-refractivity contribution >= 4 is 17.7 Å². The predicted octanol–water partition coefficient (Wildman–Crippen LogP) is -1.33. The van der Waals surface area contributed by atoms with Gasteiger partial charge in [-0.05, 0) is 19.1 Å². The first-order chi connectivity index (χ1) is 6.40. The van der Waals surface area contributed by atoms with Gasteiger partial charge >= 0.3 is 0 Å². The fourth-order valence-electron chi connectivity index (χ4n) is 0.679. The fraction of sp³-hybridized carbons (Fsp3) is 0.875. The second kappa shape index (κ2) is 6.23. The molecule has 0 rings (SSSR count). The summed E-state index contributed by atoms with van der Waals surface area (Å²) in [6, 6.07) is 0. The zero-order valence-corrected chi connectivity index (χ0v) is 9.09. The molecular weight excluding hydrogens is 204 g/mol. The maximum Gasteiger partial charge on any atom is 0.237 e. The van der Waals surface area contributed by atoms with Crippen molar-refractivity contribution in [2.24, 2.45) is 11.5 Å². The highest BCUT2D eigenvalue weighted by atomic mass is 32.2. The topological polar surface area (TPSA) is 110 Å². The number of nitrogens with two attached hydrogens (primary N) is 2. The van der Waals surface area contributed by atoms with Crippen molar-refractivity contribution in [1.82, 2.24) is 0 Å². The van der Waals surface area contributed by atoms with E-state index in [4.69, 9.17) is 21.7 Å². The molecule has 6 N–H and O–H groups in total. The molecule has 0 saturated heterocycles. The molecule has 0 aliphatic carbocycles. The van der Waals surface area contributed by atoms with Crippen LogP contribution in [0.1, 0.15) is 13.3 Å². The van der Waals surface area contributed by atoms with Crippen LogP contribution in [0.5, 0.6) is 0 Å². The third kappa shape index (κ3) is 5.43. The lowest BCUT2D eigenvalue weighted by atomic mass is 10.0. The summed E-state index contributed by atoms with van der Waals surface area (Å²) in [7, 11) is 0. The Hall–Kier alpha value is -0.300. The Bertz CT molecular complexity index is 187. The Morgan fingerprint density at radius 3 is 2.64 bits per heavy atom. The molecule has 0 radical (unpaired) electrons. The summed E-state index contributed by atoms with van der Waals surface area (Å²) < 4.78 is 0. The largest absolute Gasteiger partial charge is 0.394 e. The number of amides is 1. The molecule has 84 valence electrons. The number of thioether (sulfide) groups is 1. The summed E-state index contributed by atoms with van der Waals surface area (Å²) in [5.74, 6) is 0.541. The highest BCUT2D eigenvalue weighted by Crippen LogP contribution is 2.12. The lowest BCUT2D eigenvalue weighted by molar-refractivity contribution is -0.122. The van der Waals surface area contributed by atoms with E-state index < -0.39 is 17.6 Å². The lowest BCUT2D eigenvalue weighted by Gasteiger charge is -2.19. The Labute approximate surface area is 87.8 Å². The standard InChI is InChI=1S/C8H18N2O3S/c1-8(10,7(9)13)2-3-14-5-6(12)4-11/h6,11-12H,2-5,10H2,1H3,(H2,9,13). The van der Waals surface area contributed by atoms with Gasteiger partial charge in [-0.3, -0.25) is 4.79 Å². The molecule has 0 aliphatic heterocycles. The van der Waals surface area contributed by atoms with E-state index in [9.17, 15) is 4.79 Å². The first-order valence-corrected chi connectivity index (χ1v) is 5.51. The van der Waals surface area contributed by atoms with Gasteiger partial charge in [0.15, 0.2) is 0 Å². The van der Waals surface area contributed by atoms with Crippen molar-refractivity contribution in [3.8, 4) is 0 Å². The minimum Gasteiger partial charge on any atom is -0.394 e. The zero-order valence-electron chi connectivity index (χ0n) is 8.27. The van der Waals surface area contributed by atoms with E-state index in [1.165, 1.54) is 11.8 Å². The van der Waals surface area contributed by atoms with Gasteiger partial charge in [0.1, 0.15) is 0 Å². The smallest absolute Gasteiger partial charge is 0.237 e. The molecule has 14 heavy (non-hydrogen) atoms. The van der Waals surface area contributed by atoms with E-state index in [1.54, 1.807) is 6.92 Å². The quantitative estimate of drug-likeness (QED) is 0.399. The second-order valence-electron chi connectivity index (χ2n) is 3.44. The molecule has 0 aromatic rings. The average molecular weight is 222 g/mol. The lowest BCUT2D eigenvalue weighted by Crippen LogP contribution is -2.49. The Morgan fingerprint density at radius 1 is 1.64 bits per heavy atom. The zero-order chi connectivity index (χ0) is 11.2. The average Bonchev–Trinajstić information content (AvgIpc) is 2.11. The molecular formula is C8H18N2O3S. The van der Waals surface area contributed by atoms with Crippen LogP contribution in [-0.4, -0.2) is 45.9 Å². The molecule has 0 aromatic heterocycles. The molecule has 0 fully saturated rings. The van der Waals surface area contributed by atoms with Crippen LogP contribution in [0.4, 0.5) is 0 Å². The summed E-state index contributed by atoms with van der Waals surface area (Å²) in [5.41, 5.74) is 9.70. The third-order valence-corrected chi connectivity index (χ3v) is 2.96. The molecule has 1 amide bonds. The normalized spacial score (nSPS) is 17.4. The molecule has 5 nitrogen and oxygen atoms in total. The minimum absolute atomic E-state index is 0.247. The maximum atomic E-state index is 10.8. The van der Waals surface area contributed by atoms with E-state index in [2.05, 4.69) is 0 Å². The summed E-state index contributed by atoms with van der Waals surface area (Å²) in [6.07, 6.45) is -0.247. The summed E-state index contributed by atoms with van der Waals surface area (Å²) in [6.45, 7) is 1.33. The molecule has 6 heteroatoms. The van der Waals surface area contributed by atoms with E-state index >= 15 is 0 Å². The fourth-order valence-corrected chi connectivity index (χ4v) is 1.79. The molecule has 0 aliphatic rings. The van der Waals surface area contributed by atoms with Crippen molar-refractivity contribution < 1.29 is 15.0 Å². The van der Waals surface area contributed by atoms with Crippen molar-refractivity contribution in [3.63, 3.8) is 0 Å². The van der Waals surface area contributed by atoms with Gasteiger partial charge in [-0.2, -0.15) is 11.8 Å². The first-order valence-electron chi connectivity index (χ1n) is 4.35. The number of carbonyl (C=O) groups is 1. The van der Waals surface area contributed by atoms with Crippen LogP contribution in [-0.2, 0) is 4.79 Å². The van der Waals surface area contributed by atoms with Gasteiger partial charge in [0, 0.05) is 5.75 Å². The Morgan fingerprint density at radius 2 is 2.21 bits per heavy atom. The van der Waals surface area contributed by atoms with Gasteiger partial charge in [-0.1, -0.05) is 0 Å². The molecule has 0 aromatic carbocycles. The predicted molar refractivity (Wildman–Crippen MR) is 56.8 cm³/mol. The van der Waals surface area contributed by atoms with E-state index in [0.717, 1.165) is 0 Å². The maximum absolute atomic E-state index is 10.8. The number of carbonyl (C=O) groups excluding carboxylic acids is 1. The molecule has 2 unspecified atom stereocenters. The number of hydrogen-bond acceptors (Lipinski definition) is 5. The van der Waals surface area contributed by atoms with Gasteiger partial charge < -0.3 is 21.7 Å². The van der Waals surface area contributed by atoms with E-state index in [1.807, 2.05) is 0 Å². The first kappa shape index (κ1) is 13.7. The SMILES string of the molecule is CC(N)(CCSCC(O)CO)C(N)=O. The summed E-state index contributed by atoms with van der Waals surface area (Å²) >= 11 is 1.43. The van der Waals surface area contributed by atoms with Gasteiger partial charge in [-0.25, -0.2) is 0 Å². The second-order valence-corrected chi connectivity index (χ2v) is 4.59. The van der Waals surface area contributed by atoms with Crippen LogP contribution in [0.15, 0.2) is 0 Å².